The first-order chi connectivity index (χ1) is 9.66. The highest BCUT2D eigenvalue weighted by atomic mass is 79.9. The summed E-state index contributed by atoms with van der Waals surface area (Å²) < 4.78 is 2.55. The molecule has 1 aromatic carbocycles. The largest absolute Gasteiger partial charge is 0.476 e. The Morgan fingerprint density at radius 3 is 2.65 bits per heavy atom. The zero-order valence-electron chi connectivity index (χ0n) is 10.5. The average molecular weight is 331 g/mol. The summed E-state index contributed by atoms with van der Waals surface area (Å²) in [4.78, 5) is 15.6. The number of benzene rings is 1. The number of fused-ring (bicyclic) bond motifs is 1. The van der Waals surface area contributed by atoms with E-state index in [4.69, 9.17) is 0 Å². The summed E-state index contributed by atoms with van der Waals surface area (Å²) in [6.07, 6.45) is 2.42. The van der Waals surface area contributed by atoms with E-state index in [2.05, 4.69) is 20.9 Å². The number of rotatable bonds is 3. The third kappa shape index (κ3) is 2.20. The maximum absolute atomic E-state index is 11.3. The molecule has 0 radical (unpaired) electrons. The van der Waals surface area contributed by atoms with E-state index < -0.39 is 5.97 Å². The van der Waals surface area contributed by atoms with Crippen molar-refractivity contribution in [1.29, 1.82) is 0 Å². The summed E-state index contributed by atoms with van der Waals surface area (Å²) in [6, 6.07) is 13.5. The normalized spacial score (nSPS) is 10.8. The van der Waals surface area contributed by atoms with Gasteiger partial charge in [0.2, 0.25) is 0 Å². The minimum absolute atomic E-state index is 0.0726. The Morgan fingerprint density at radius 1 is 1.20 bits per heavy atom. The molecule has 0 saturated heterocycles. The number of hydrogen-bond acceptors (Lipinski definition) is 2. The number of aromatic nitrogens is 2. The lowest BCUT2D eigenvalue weighted by Gasteiger charge is -2.02. The molecule has 3 rings (SSSR count). The predicted molar refractivity (Wildman–Crippen MR) is 79.1 cm³/mol. The van der Waals surface area contributed by atoms with Crippen LogP contribution < -0.4 is 0 Å². The molecule has 0 amide bonds. The van der Waals surface area contributed by atoms with E-state index in [0.29, 0.717) is 17.8 Å². The van der Waals surface area contributed by atoms with Crippen molar-refractivity contribution in [2.45, 2.75) is 6.42 Å². The van der Waals surface area contributed by atoms with Gasteiger partial charge in [-0.3, -0.25) is 0 Å². The highest BCUT2D eigenvalue weighted by Gasteiger charge is 2.18. The summed E-state index contributed by atoms with van der Waals surface area (Å²) in [7, 11) is 0. The first-order valence-electron chi connectivity index (χ1n) is 6.09. The minimum atomic E-state index is -1.02. The Kier molecular flexibility index (Phi) is 3.28. The Morgan fingerprint density at radius 2 is 1.95 bits per heavy atom. The Labute approximate surface area is 123 Å². The fourth-order valence-electron chi connectivity index (χ4n) is 2.21. The van der Waals surface area contributed by atoms with Crippen LogP contribution in [0.3, 0.4) is 0 Å². The summed E-state index contributed by atoms with van der Waals surface area (Å²) in [5, 5.41) is 9.29. The van der Waals surface area contributed by atoms with E-state index in [1.165, 1.54) is 0 Å². The molecule has 0 saturated carbocycles. The van der Waals surface area contributed by atoms with Gasteiger partial charge >= 0.3 is 5.97 Å². The lowest BCUT2D eigenvalue weighted by Crippen LogP contribution is -1.98. The quantitative estimate of drug-likeness (QED) is 0.800. The van der Waals surface area contributed by atoms with Crippen molar-refractivity contribution in [3.05, 3.63) is 70.2 Å². The SMILES string of the molecule is O=C(O)c1nc(Cc2ccccc2)n2cccc(Br)c12. The molecule has 0 bridgehead atoms. The van der Waals surface area contributed by atoms with Crippen molar-refractivity contribution >= 4 is 27.4 Å². The van der Waals surface area contributed by atoms with Crippen molar-refractivity contribution in [2.24, 2.45) is 0 Å². The molecule has 0 aliphatic carbocycles. The monoisotopic (exact) mass is 330 g/mol. The van der Waals surface area contributed by atoms with Crippen LogP contribution in [-0.4, -0.2) is 20.5 Å². The fourth-order valence-corrected chi connectivity index (χ4v) is 2.74. The van der Waals surface area contributed by atoms with Crippen LogP contribution in [-0.2, 0) is 6.42 Å². The number of halogens is 1. The number of hydrogen-bond donors (Lipinski definition) is 1. The number of aromatic carboxylic acids is 1. The molecule has 5 heteroatoms. The molecule has 0 spiro atoms. The van der Waals surface area contributed by atoms with Crippen LogP contribution in [0, 0.1) is 0 Å². The first kappa shape index (κ1) is 12.9. The summed E-state index contributed by atoms with van der Waals surface area (Å²) in [5.74, 6) is -0.307. The van der Waals surface area contributed by atoms with Crippen LogP contribution in [0.25, 0.3) is 5.52 Å². The van der Waals surface area contributed by atoms with E-state index in [1.54, 1.807) is 0 Å². The lowest BCUT2D eigenvalue weighted by molar-refractivity contribution is 0.0693. The number of imidazole rings is 1. The van der Waals surface area contributed by atoms with Crippen LogP contribution in [0.15, 0.2) is 53.1 Å². The second-order valence-corrected chi connectivity index (χ2v) is 5.27. The van der Waals surface area contributed by atoms with Gasteiger partial charge < -0.3 is 9.51 Å². The van der Waals surface area contributed by atoms with Crippen molar-refractivity contribution in [1.82, 2.24) is 9.38 Å². The van der Waals surface area contributed by atoms with Gasteiger partial charge in [0, 0.05) is 17.1 Å². The van der Waals surface area contributed by atoms with Gasteiger partial charge in [0.1, 0.15) is 5.82 Å². The van der Waals surface area contributed by atoms with Gasteiger partial charge in [-0.15, -0.1) is 0 Å². The van der Waals surface area contributed by atoms with Crippen LogP contribution in [0.5, 0.6) is 0 Å². The lowest BCUT2D eigenvalue weighted by atomic mass is 10.1. The molecule has 0 unspecified atom stereocenters. The second kappa shape index (κ2) is 5.09. The molecule has 2 heterocycles. The molecule has 0 fully saturated rings. The fraction of sp³-hybridized carbons (Fsp3) is 0.0667. The summed E-state index contributed by atoms with van der Waals surface area (Å²) in [6.45, 7) is 0. The number of carboxylic acid groups (broad SMARTS) is 1. The topological polar surface area (TPSA) is 54.6 Å². The number of pyridine rings is 1. The minimum Gasteiger partial charge on any atom is -0.476 e. The first-order valence-corrected chi connectivity index (χ1v) is 6.89. The maximum Gasteiger partial charge on any atom is 0.356 e. The molecule has 20 heavy (non-hydrogen) atoms. The molecule has 0 aliphatic rings. The van der Waals surface area contributed by atoms with Crippen LogP contribution in [0.2, 0.25) is 0 Å². The van der Waals surface area contributed by atoms with Gasteiger partial charge in [0.25, 0.3) is 0 Å². The summed E-state index contributed by atoms with van der Waals surface area (Å²) in [5.41, 5.74) is 1.76. The molecule has 3 aromatic rings. The molecule has 2 aromatic heterocycles. The highest BCUT2D eigenvalue weighted by molar-refractivity contribution is 9.10. The van der Waals surface area contributed by atoms with Crippen molar-refractivity contribution in [3.8, 4) is 0 Å². The third-order valence-corrected chi connectivity index (χ3v) is 3.74. The van der Waals surface area contributed by atoms with Gasteiger partial charge in [0.15, 0.2) is 5.69 Å². The Hall–Kier alpha value is -2.14. The van der Waals surface area contributed by atoms with E-state index in [9.17, 15) is 9.90 Å². The van der Waals surface area contributed by atoms with Crippen LogP contribution in [0.1, 0.15) is 21.9 Å². The van der Waals surface area contributed by atoms with Gasteiger partial charge in [-0.25, -0.2) is 9.78 Å². The molecule has 4 nitrogen and oxygen atoms in total. The standard InChI is InChI=1S/C15H11BrN2O2/c16-11-7-4-8-18-12(9-10-5-2-1-3-6-10)17-13(14(11)18)15(19)20/h1-8H,9H2,(H,19,20). The summed E-state index contributed by atoms with van der Waals surface area (Å²) >= 11 is 3.39. The molecule has 1 N–H and O–H groups in total. The van der Waals surface area contributed by atoms with E-state index in [1.807, 2.05) is 53.1 Å². The average Bonchev–Trinajstić information content (AvgIpc) is 2.81. The van der Waals surface area contributed by atoms with Gasteiger partial charge in [-0.1, -0.05) is 30.3 Å². The van der Waals surface area contributed by atoms with Crippen molar-refractivity contribution in [3.63, 3.8) is 0 Å². The zero-order valence-corrected chi connectivity index (χ0v) is 12.0. The smallest absolute Gasteiger partial charge is 0.356 e. The van der Waals surface area contributed by atoms with Crippen LogP contribution >= 0.6 is 15.9 Å². The van der Waals surface area contributed by atoms with E-state index in [-0.39, 0.29) is 5.69 Å². The van der Waals surface area contributed by atoms with Crippen molar-refractivity contribution in [2.75, 3.05) is 0 Å². The zero-order chi connectivity index (χ0) is 14.1. The Bertz CT molecular complexity index is 781. The maximum atomic E-state index is 11.3. The Balaban J connectivity index is 2.17. The van der Waals surface area contributed by atoms with Gasteiger partial charge in [-0.05, 0) is 33.6 Å². The molecular weight excluding hydrogens is 320 g/mol. The molecule has 100 valence electrons. The van der Waals surface area contributed by atoms with Crippen molar-refractivity contribution < 1.29 is 9.90 Å². The van der Waals surface area contributed by atoms with Gasteiger partial charge in [-0.2, -0.15) is 0 Å². The molecule has 0 aliphatic heterocycles. The van der Waals surface area contributed by atoms with Crippen LogP contribution in [0.4, 0.5) is 0 Å². The van der Waals surface area contributed by atoms with E-state index in [0.717, 1.165) is 10.0 Å². The van der Waals surface area contributed by atoms with Gasteiger partial charge in [0.05, 0.1) is 5.52 Å². The van der Waals surface area contributed by atoms with E-state index >= 15 is 0 Å². The second-order valence-electron chi connectivity index (χ2n) is 4.42. The predicted octanol–water partition coefficient (Wildman–Crippen LogP) is 3.39. The molecule has 0 atom stereocenters. The number of carbonyl (C=O) groups is 1. The molecular formula is C15H11BrN2O2. The highest BCUT2D eigenvalue weighted by Crippen LogP contribution is 2.24. The third-order valence-electron chi connectivity index (χ3n) is 3.10. The number of nitrogens with zero attached hydrogens (tertiary/aromatic N) is 2. The number of carboxylic acids is 1.